The summed E-state index contributed by atoms with van der Waals surface area (Å²) < 4.78 is 56.9. The number of carbonyl (C=O) groups excluding carboxylic acids is 1. The molecule has 0 bridgehead atoms. The number of alkyl halides is 2. The van der Waals surface area contributed by atoms with Crippen LogP contribution in [0.15, 0.2) is 23.2 Å². The summed E-state index contributed by atoms with van der Waals surface area (Å²) in [6.45, 7) is 3.17. The van der Waals surface area contributed by atoms with Crippen LogP contribution in [0, 0.1) is 11.3 Å². The standard InChI is InChI=1S/C22H25F2N9O3S2/c1-13-11-31(6-7-32(13)21(34)30(2)3)16-8-14(38(35,36)29-22(12-25)4-5-22)9-17-15(16)10-26-33(17)20-28-27-19(37-20)18(23)24/h8-10,13,18,29H,4-7,11H2,1-3H3/t13-/m1/s1. The first-order chi connectivity index (χ1) is 17.9. The fourth-order valence-electron chi connectivity index (χ4n) is 4.45. The van der Waals surface area contributed by atoms with Crippen LogP contribution in [-0.2, 0) is 10.0 Å². The molecule has 0 radical (unpaired) electrons. The largest absolute Gasteiger partial charge is 0.367 e. The van der Waals surface area contributed by atoms with Gasteiger partial charge in [-0.2, -0.15) is 15.1 Å². The van der Waals surface area contributed by atoms with Crippen molar-refractivity contribution in [3.63, 3.8) is 0 Å². The third kappa shape index (κ3) is 4.65. The molecule has 2 amide bonds. The van der Waals surface area contributed by atoms with Crippen molar-refractivity contribution in [3.8, 4) is 11.2 Å². The van der Waals surface area contributed by atoms with E-state index in [-0.39, 0.29) is 22.1 Å². The van der Waals surface area contributed by atoms with Crippen molar-refractivity contribution in [1.29, 1.82) is 5.26 Å². The summed E-state index contributed by atoms with van der Waals surface area (Å²) in [6, 6.07) is 4.64. The molecule has 12 nitrogen and oxygen atoms in total. The van der Waals surface area contributed by atoms with Gasteiger partial charge in [-0.25, -0.2) is 26.7 Å². The van der Waals surface area contributed by atoms with E-state index in [9.17, 15) is 27.3 Å². The van der Waals surface area contributed by atoms with E-state index in [4.69, 9.17) is 0 Å². The van der Waals surface area contributed by atoms with Crippen molar-refractivity contribution in [3.05, 3.63) is 23.3 Å². The van der Waals surface area contributed by atoms with Crippen molar-refractivity contribution >= 4 is 44.0 Å². The van der Waals surface area contributed by atoms with Crippen molar-refractivity contribution < 1.29 is 22.0 Å². The number of aromatic nitrogens is 4. The molecule has 16 heteroatoms. The Morgan fingerprint density at radius 1 is 1.29 bits per heavy atom. The monoisotopic (exact) mass is 565 g/mol. The summed E-state index contributed by atoms with van der Waals surface area (Å²) in [5.41, 5.74) is -0.244. The summed E-state index contributed by atoms with van der Waals surface area (Å²) >= 11 is 0.656. The number of hydrogen-bond acceptors (Lipinski definition) is 9. The second kappa shape index (κ2) is 9.40. The third-order valence-electron chi connectivity index (χ3n) is 6.64. The van der Waals surface area contributed by atoms with E-state index in [1.165, 1.54) is 27.9 Å². The van der Waals surface area contributed by atoms with E-state index >= 15 is 0 Å². The molecule has 2 fully saturated rings. The van der Waals surface area contributed by atoms with Gasteiger partial charge in [0.2, 0.25) is 15.2 Å². The zero-order chi connectivity index (χ0) is 27.4. The smallest absolute Gasteiger partial charge is 0.319 e. The fraction of sp³-hybridized carbons (Fsp3) is 0.500. The topological polar surface area (TPSA) is 140 Å². The highest BCUT2D eigenvalue weighted by Crippen LogP contribution is 2.38. The van der Waals surface area contributed by atoms with Crippen LogP contribution in [0.4, 0.5) is 19.3 Å². The molecule has 5 rings (SSSR count). The van der Waals surface area contributed by atoms with Gasteiger partial charge >= 0.3 is 6.03 Å². The highest BCUT2D eigenvalue weighted by atomic mass is 32.2. The zero-order valence-corrected chi connectivity index (χ0v) is 22.4. The average molecular weight is 566 g/mol. The highest BCUT2D eigenvalue weighted by molar-refractivity contribution is 7.89. The Morgan fingerprint density at radius 3 is 2.61 bits per heavy atom. The van der Waals surface area contributed by atoms with E-state index in [1.54, 1.807) is 19.0 Å². The Morgan fingerprint density at radius 2 is 2.03 bits per heavy atom. The lowest BCUT2D eigenvalue weighted by atomic mass is 10.1. The lowest BCUT2D eigenvalue weighted by Gasteiger charge is -2.42. The maximum absolute atomic E-state index is 13.4. The van der Waals surface area contributed by atoms with E-state index < -0.39 is 27.0 Å². The summed E-state index contributed by atoms with van der Waals surface area (Å²) in [6.07, 6.45) is -0.452. The Bertz CT molecular complexity index is 1540. The van der Waals surface area contributed by atoms with E-state index in [0.29, 0.717) is 60.4 Å². The number of fused-ring (bicyclic) bond motifs is 1. The minimum atomic E-state index is -4.12. The van der Waals surface area contributed by atoms with Crippen molar-refractivity contribution in [2.24, 2.45) is 0 Å². The van der Waals surface area contributed by atoms with Gasteiger partial charge in [0.15, 0.2) is 5.01 Å². The lowest BCUT2D eigenvalue weighted by molar-refractivity contribution is 0.147. The molecule has 1 saturated carbocycles. The first-order valence-electron chi connectivity index (χ1n) is 11.8. The number of nitrogens with one attached hydrogen (secondary N) is 1. The van der Waals surface area contributed by atoms with E-state index in [1.807, 2.05) is 17.9 Å². The van der Waals surface area contributed by atoms with Crippen LogP contribution in [-0.4, -0.2) is 89.5 Å². The number of piperazine rings is 1. The second-order valence-corrected chi connectivity index (χ2v) is 12.3. The maximum atomic E-state index is 13.4. The van der Waals surface area contributed by atoms with Crippen molar-refractivity contribution in [2.75, 3.05) is 38.6 Å². The SMILES string of the molecule is C[C@@H]1CN(c2cc(S(=O)(=O)NC3(C#N)CC3)cc3c2cnn3-c2nnc(C(F)F)s2)CCN1C(=O)N(C)C. The van der Waals surface area contributed by atoms with Crippen LogP contribution in [0.25, 0.3) is 16.0 Å². The number of urea groups is 1. The zero-order valence-electron chi connectivity index (χ0n) is 20.8. The van der Waals surface area contributed by atoms with Gasteiger partial charge in [-0.3, -0.25) is 0 Å². The van der Waals surface area contributed by atoms with Crippen LogP contribution < -0.4 is 9.62 Å². The molecule has 38 heavy (non-hydrogen) atoms. The predicted octanol–water partition coefficient (Wildman–Crippen LogP) is 2.34. The predicted molar refractivity (Wildman–Crippen MR) is 135 cm³/mol. The number of benzene rings is 1. The Kier molecular flexibility index (Phi) is 6.48. The molecule has 3 aromatic rings. The quantitative estimate of drug-likeness (QED) is 0.480. The molecule has 1 N–H and O–H groups in total. The van der Waals surface area contributed by atoms with Gasteiger partial charge in [0.25, 0.3) is 6.43 Å². The first kappa shape index (κ1) is 26.2. The van der Waals surface area contributed by atoms with E-state index in [2.05, 4.69) is 20.0 Å². The molecule has 1 aliphatic heterocycles. The number of rotatable bonds is 6. The van der Waals surface area contributed by atoms with Crippen molar-refractivity contribution in [1.82, 2.24) is 34.5 Å². The fourth-order valence-corrected chi connectivity index (χ4v) is 6.53. The first-order valence-corrected chi connectivity index (χ1v) is 14.1. The van der Waals surface area contributed by atoms with Gasteiger partial charge in [-0.1, -0.05) is 11.3 Å². The molecule has 3 heterocycles. The van der Waals surface area contributed by atoms with Crippen molar-refractivity contribution in [2.45, 2.75) is 42.7 Å². The Labute approximate surface area is 221 Å². The molecule has 0 unspecified atom stereocenters. The molecule has 0 spiro atoms. The third-order valence-corrected chi connectivity index (χ3v) is 9.06. The van der Waals surface area contributed by atoms with Crippen LogP contribution in [0.2, 0.25) is 0 Å². The number of carbonyl (C=O) groups is 1. The van der Waals surface area contributed by atoms with Crippen LogP contribution in [0.1, 0.15) is 31.2 Å². The minimum Gasteiger partial charge on any atom is -0.367 e. The molecule has 1 saturated heterocycles. The number of halogens is 2. The normalized spacial score (nSPS) is 19.1. The molecular weight excluding hydrogens is 540 g/mol. The summed E-state index contributed by atoms with van der Waals surface area (Å²) in [5.74, 6) is 0. The lowest BCUT2D eigenvalue weighted by Crippen LogP contribution is -2.56. The minimum absolute atomic E-state index is 0.0641. The Hall–Kier alpha value is -3.42. The highest BCUT2D eigenvalue weighted by Gasteiger charge is 2.47. The average Bonchev–Trinajstić information content (AvgIpc) is 3.26. The summed E-state index contributed by atoms with van der Waals surface area (Å²) in [4.78, 5) is 17.7. The van der Waals surface area contributed by atoms with Crippen LogP contribution in [0.5, 0.6) is 0 Å². The van der Waals surface area contributed by atoms with Crippen LogP contribution >= 0.6 is 11.3 Å². The summed E-state index contributed by atoms with van der Waals surface area (Å²) in [5, 5.41) is 21.3. The molecule has 2 aliphatic rings. The van der Waals surface area contributed by atoms with Gasteiger partial charge in [0.1, 0.15) is 5.54 Å². The van der Waals surface area contributed by atoms with Gasteiger partial charge in [0.05, 0.1) is 22.7 Å². The number of nitriles is 1. The maximum Gasteiger partial charge on any atom is 0.319 e. The van der Waals surface area contributed by atoms with E-state index in [0.717, 1.165) is 0 Å². The second-order valence-electron chi connectivity index (χ2n) is 9.62. The molecular formula is C22H25F2N9O3S2. The number of nitrogens with zero attached hydrogens (tertiary/aromatic N) is 8. The van der Waals surface area contributed by atoms with Crippen LogP contribution in [0.3, 0.4) is 0 Å². The number of sulfonamides is 1. The number of anilines is 1. The van der Waals surface area contributed by atoms with Gasteiger partial charge in [-0.15, -0.1) is 10.2 Å². The molecule has 202 valence electrons. The molecule has 1 atom stereocenters. The van der Waals surface area contributed by atoms with Gasteiger partial charge in [0, 0.05) is 50.8 Å². The van der Waals surface area contributed by atoms with Gasteiger partial charge < -0.3 is 14.7 Å². The Balaban J connectivity index is 1.60. The molecule has 1 aromatic carbocycles. The molecule has 2 aromatic heterocycles. The van der Waals surface area contributed by atoms with Gasteiger partial charge in [-0.05, 0) is 31.9 Å². The summed E-state index contributed by atoms with van der Waals surface area (Å²) in [7, 11) is -0.754. The number of hydrogen-bond donors (Lipinski definition) is 1. The number of amides is 2. The molecule has 1 aliphatic carbocycles.